The minimum absolute atomic E-state index is 0. The van der Waals surface area contributed by atoms with Crippen LogP contribution in [-0.2, 0) is 16.0 Å². The highest BCUT2D eigenvalue weighted by Gasteiger charge is 2.15. The zero-order valence-corrected chi connectivity index (χ0v) is 18.3. The van der Waals surface area contributed by atoms with Crippen LogP contribution in [0.2, 0.25) is 0 Å². The third-order valence-electron chi connectivity index (χ3n) is 3.54. The van der Waals surface area contributed by atoms with E-state index in [1.807, 2.05) is 13.0 Å². The Balaban J connectivity index is 0.00000312. The Labute approximate surface area is 174 Å². The van der Waals surface area contributed by atoms with Gasteiger partial charge in [0, 0.05) is 30.8 Å². The summed E-state index contributed by atoms with van der Waals surface area (Å²) >= 11 is 3.30. The molecule has 0 radical (unpaired) electrons. The molecule has 0 saturated carbocycles. The fourth-order valence-electron chi connectivity index (χ4n) is 2.39. The fourth-order valence-corrected chi connectivity index (χ4v) is 2.90. The summed E-state index contributed by atoms with van der Waals surface area (Å²) < 4.78 is 25.1. The summed E-state index contributed by atoms with van der Waals surface area (Å²) in [6.45, 7) is 6.19. The molecule has 0 bridgehead atoms. The maximum absolute atomic E-state index is 13.4. The van der Waals surface area contributed by atoms with E-state index >= 15 is 0 Å². The SMILES string of the molecule is CCNC(=NCc1cc(F)cc(Br)c1)NCCCOC1CCOC1.I. The number of nitrogens with one attached hydrogen (secondary N) is 2. The van der Waals surface area contributed by atoms with Crippen molar-refractivity contribution in [1.29, 1.82) is 0 Å². The fraction of sp³-hybridized carbons (Fsp3) is 0.588. The van der Waals surface area contributed by atoms with Crippen molar-refractivity contribution in [3.8, 4) is 0 Å². The molecule has 1 aliphatic heterocycles. The highest BCUT2D eigenvalue weighted by Crippen LogP contribution is 2.15. The molecule has 0 aliphatic carbocycles. The Morgan fingerprint density at radius 1 is 1.40 bits per heavy atom. The second-order valence-electron chi connectivity index (χ2n) is 5.61. The molecule has 1 saturated heterocycles. The predicted octanol–water partition coefficient (Wildman–Crippen LogP) is 3.46. The van der Waals surface area contributed by atoms with E-state index in [2.05, 4.69) is 31.6 Å². The molecular formula is C17H26BrFIN3O2. The summed E-state index contributed by atoms with van der Waals surface area (Å²) in [4.78, 5) is 4.49. The van der Waals surface area contributed by atoms with Gasteiger partial charge >= 0.3 is 0 Å². The second kappa shape index (κ2) is 12.8. The van der Waals surface area contributed by atoms with Gasteiger partial charge < -0.3 is 20.1 Å². The highest BCUT2D eigenvalue weighted by molar-refractivity contribution is 14.0. The number of hydrogen-bond acceptors (Lipinski definition) is 3. The van der Waals surface area contributed by atoms with Crippen molar-refractivity contribution < 1.29 is 13.9 Å². The van der Waals surface area contributed by atoms with Crippen LogP contribution < -0.4 is 10.6 Å². The average molecular weight is 530 g/mol. The lowest BCUT2D eigenvalue weighted by molar-refractivity contribution is 0.0420. The molecule has 25 heavy (non-hydrogen) atoms. The molecule has 2 N–H and O–H groups in total. The van der Waals surface area contributed by atoms with E-state index in [0.29, 0.717) is 19.8 Å². The molecule has 2 rings (SSSR count). The molecule has 1 fully saturated rings. The normalized spacial score (nSPS) is 17.2. The summed E-state index contributed by atoms with van der Waals surface area (Å²) in [5.41, 5.74) is 0.823. The molecule has 1 heterocycles. The first kappa shape index (κ1) is 22.6. The van der Waals surface area contributed by atoms with Gasteiger partial charge in [-0.25, -0.2) is 9.38 Å². The zero-order valence-electron chi connectivity index (χ0n) is 14.4. The Morgan fingerprint density at radius 3 is 2.92 bits per heavy atom. The number of hydrogen-bond donors (Lipinski definition) is 2. The summed E-state index contributed by atoms with van der Waals surface area (Å²) in [6.07, 6.45) is 2.13. The third-order valence-corrected chi connectivity index (χ3v) is 4.00. The second-order valence-corrected chi connectivity index (χ2v) is 6.53. The van der Waals surface area contributed by atoms with Gasteiger partial charge in [-0.15, -0.1) is 24.0 Å². The molecule has 0 aromatic heterocycles. The lowest BCUT2D eigenvalue weighted by Gasteiger charge is -2.13. The van der Waals surface area contributed by atoms with Crippen LogP contribution in [0.5, 0.6) is 0 Å². The molecule has 8 heteroatoms. The van der Waals surface area contributed by atoms with Gasteiger partial charge in [0.05, 0.1) is 19.3 Å². The number of aliphatic imine (C=N–C) groups is 1. The zero-order chi connectivity index (χ0) is 17.2. The van der Waals surface area contributed by atoms with Gasteiger partial charge in [-0.1, -0.05) is 15.9 Å². The molecule has 0 spiro atoms. The summed E-state index contributed by atoms with van der Waals surface area (Å²) in [7, 11) is 0. The van der Waals surface area contributed by atoms with Gasteiger partial charge in [0.1, 0.15) is 5.82 Å². The first-order chi connectivity index (χ1) is 11.7. The Morgan fingerprint density at radius 2 is 2.24 bits per heavy atom. The molecule has 1 atom stereocenters. The molecule has 1 aliphatic rings. The number of nitrogens with zero attached hydrogens (tertiary/aromatic N) is 1. The standard InChI is InChI=1S/C17H25BrFN3O2.HI/c1-2-20-17(21-5-3-6-24-16-4-7-23-12-16)22-11-13-8-14(18)10-15(19)9-13;/h8-10,16H,2-7,11-12H2,1H3,(H2,20,21,22);1H. The molecule has 142 valence electrons. The van der Waals surface area contributed by atoms with Gasteiger partial charge in [0.15, 0.2) is 5.96 Å². The van der Waals surface area contributed by atoms with E-state index in [-0.39, 0.29) is 35.9 Å². The lowest BCUT2D eigenvalue weighted by atomic mass is 10.2. The Hall–Kier alpha value is -0.450. The first-order valence-electron chi connectivity index (χ1n) is 8.34. The largest absolute Gasteiger partial charge is 0.379 e. The van der Waals surface area contributed by atoms with E-state index in [9.17, 15) is 4.39 Å². The van der Waals surface area contributed by atoms with Gasteiger partial charge in [0.2, 0.25) is 0 Å². The Bertz CT molecular complexity index is 522. The third kappa shape index (κ3) is 9.16. The smallest absolute Gasteiger partial charge is 0.191 e. The van der Waals surface area contributed by atoms with E-state index < -0.39 is 0 Å². The van der Waals surface area contributed by atoms with Crippen molar-refractivity contribution in [2.24, 2.45) is 4.99 Å². The van der Waals surface area contributed by atoms with Crippen molar-refractivity contribution in [3.05, 3.63) is 34.1 Å². The molecule has 5 nitrogen and oxygen atoms in total. The predicted molar refractivity (Wildman–Crippen MR) is 112 cm³/mol. The van der Waals surface area contributed by atoms with Crippen molar-refractivity contribution in [2.75, 3.05) is 32.9 Å². The number of guanidine groups is 1. The number of rotatable bonds is 8. The Kier molecular flexibility index (Phi) is 11.6. The topological polar surface area (TPSA) is 54.9 Å². The van der Waals surface area contributed by atoms with Crippen LogP contribution in [0.3, 0.4) is 0 Å². The van der Waals surface area contributed by atoms with Gasteiger partial charge in [-0.05, 0) is 43.5 Å². The highest BCUT2D eigenvalue weighted by atomic mass is 127. The van der Waals surface area contributed by atoms with Crippen LogP contribution in [0, 0.1) is 5.82 Å². The number of benzene rings is 1. The van der Waals surface area contributed by atoms with Crippen LogP contribution in [0.25, 0.3) is 0 Å². The van der Waals surface area contributed by atoms with Crippen LogP contribution in [-0.4, -0.2) is 45.0 Å². The molecular weight excluding hydrogens is 504 g/mol. The van der Waals surface area contributed by atoms with Crippen molar-refractivity contribution in [2.45, 2.75) is 32.4 Å². The van der Waals surface area contributed by atoms with Crippen molar-refractivity contribution in [1.82, 2.24) is 10.6 Å². The summed E-state index contributed by atoms with van der Waals surface area (Å²) in [5.74, 6) is 0.461. The quantitative estimate of drug-likeness (QED) is 0.234. The van der Waals surface area contributed by atoms with Crippen LogP contribution >= 0.6 is 39.9 Å². The van der Waals surface area contributed by atoms with Gasteiger partial charge in [-0.3, -0.25) is 0 Å². The monoisotopic (exact) mass is 529 g/mol. The van der Waals surface area contributed by atoms with Crippen molar-refractivity contribution in [3.63, 3.8) is 0 Å². The molecule has 1 aromatic rings. The van der Waals surface area contributed by atoms with Crippen LogP contribution in [0.15, 0.2) is 27.7 Å². The summed E-state index contributed by atoms with van der Waals surface area (Å²) in [5, 5.41) is 6.45. The maximum Gasteiger partial charge on any atom is 0.191 e. The minimum Gasteiger partial charge on any atom is -0.379 e. The number of ether oxygens (including phenoxy) is 2. The van der Waals surface area contributed by atoms with Gasteiger partial charge in [-0.2, -0.15) is 0 Å². The van der Waals surface area contributed by atoms with Crippen LogP contribution in [0.1, 0.15) is 25.3 Å². The molecule has 1 aromatic carbocycles. The maximum atomic E-state index is 13.4. The number of halogens is 3. The van der Waals surface area contributed by atoms with E-state index in [1.165, 1.54) is 12.1 Å². The lowest BCUT2D eigenvalue weighted by Crippen LogP contribution is -2.38. The van der Waals surface area contributed by atoms with E-state index in [0.717, 1.165) is 48.5 Å². The van der Waals surface area contributed by atoms with Crippen molar-refractivity contribution >= 4 is 45.9 Å². The molecule has 0 amide bonds. The van der Waals surface area contributed by atoms with Gasteiger partial charge in [0.25, 0.3) is 0 Å². The van der Waals surface area contributed by atoms with E-state index in [4.69, 9.17) is 9.47 Å². The van der Waals surface area contributed by atoms with E-state index in [1.54, 1.807) is 0 Å². The summed E-state index contributed by atoms with van der Waals surface area (Å²) in [6, 6.07) is 4.80. The first-order valence-corrected chi connectivity index (χ1v) is 9.13. The molecule has 1 unspecified atom stereocenters. The minimum atomic E-state index is -0.263. The van der Waals surface area contributed by atoms with Crippen LogP contribution in [0.4, 0.5) is 4.39 Å². The average Bonchev–Trinajstić information content (AvgIpc) is 3.04.